The van der Waals surface area contributed by atoms with E-state index in [1.807, 2.05) is 0 Å². The molecule has 82 valence electrons. The Morgan fingerprint density at radius 1 is 1.67 bits per heavy atom. The summed E-state index contributed by atoms with van der Waals surface area (Å²) in [6.45, 7) is 0.273. The third kappa shape index (κ3) is 2.77. The second kappa shape index (κ2) is 4.90. The molecule has 0 fully saturated rings. The predicted molar refractivity (Wildman–Crippen MR) is 55.9 cm³/mol. The highest BCUT2D eigenvalue weighted by Crippen LogP contribution is 2.17. The molecule has 1 aromatic rings. The lowest BCUT2D eigenvalue weighted by molar-refractivity contribution is 0.1000. The first-order valence-corrected chi connectivity index (χ1v) is 4.59. The second-order valence-corrected chi connectivity index (χ2v) is 3.30. The Balaban J connectivity index is 3.10. The average molecular weight is 231 g/mol. The Bertz CT molecular complexity index is 372. The van der Waals surface area contributed by atoms with Crippen molar-refractivity contribution in [3.63, 3.8) is 0 Å². The molecule has 0 aliphatic carbocycles. The molecule has 6 nitrogen and oxygen atoms in total. The highest BCUT2D eigenvalue weighted by atomic mass is 35.5. The predicted octanol–water partition coefficient (Wildman–Crippen LogP) is -0.343. The zero-order chi connectivity index (χ0) is 11.4. The molecule has 0 saturated carbocycles. The molecule has 0 bridgehead atoms. The number of hydrogen-bond donors (Lipinski definition) is 2. The number of aliphatic hydroxyl groups is 1. The van der Waals surface area contributed by atoms with Crippen LogP contribution in [0.15, 0.2) is 6.07 Å². The summed E-state index contributed by atoms with van der Waals surface area (Å²) in [6.07, 6.45) is 0. The third-order valence-corrected chi connectivity index (χ3v) is 1.99. The summed E-state index contributed by atoms with van der Waals surface area (Å²) < 4.78 is 0. The van der Waals surface area contributed by atoms with Crippen molar-refractivity contribution in [2.24, 2.45) is 5.73 Å². The standard InChI is InChI=1S/C8H11ClN4O2/c1-13(2-3-14)8-5(7(10)15)4-6(9)11-12-8/h4,14H,2-3H2,1H3,(H2,10,15). The van der Waals surface area contributed by atoms with Gasteiger partial charge >= 0.3 is 0 Å². The maximum Gasteiger partial charge on any atom is 0.252 e. The number of carbonyl (C=O) groups is 1. The minimum Gasteiger partial charge on any atom is -0.395 e. The van der Waals surface area contributed by atoms with Crippen LogP contribution in [0.5, 0.6) is 0 Å². The molecule has 0 spiro atoms. The lowest BCUT2D eigenvalue weighted by atomic mass is 10.2. The molecular formula is C8H11ClN4O2. The number of amides is 1. The fourth-order valence-corrected chi connectivity index (χ4v) is 1.23. The normalized spacial score (nSPS) is 10.1. The molecule has 3 N–H and O–H groups in total. The van der Waals surface area contributed by atoms with Gasteiger partial charge in [0.15, 0.2) is 11.0 Å². The van der Waals surface area contributed by atoms with Gasteiger partial charge in [0.25, 0.3) is 5.91 Å². The van der Waals surface area contributed by atoms with Crippen LogP contribution in [0.3, 0.4) is 0 Å². The summed E-state index contributed by atoms with van der Waals surface area (Å²) in [5.74, 6) is -0.326. The number of hydrogen-bond acceptors (Lipinski definition) is 5. The Hall–Kier alpha value is -1.40. The molecule has 0 radical (unpaired) electrons. The minimum absolute atomic E-state index is 0.0565. The molecule has 7 heteroatoms. The topological polar surface area (TPSA) is 92.3 Å². The minimum atomic E-state index is -0.633. The summed E-state index contributed by atoms with van der Waals surface area (Å²) >= 11 is 5.59. The largest absolute Gasteiger partial charge is 0.395 e. The first-order chi connectivity index (χ1) is 7.06. The second-order valence-electron chi connectivity index (χ2n) is 2.91. The number of aliphatic hydroxyl groups excluding tert-OH is 1. The van der Waals surface area contributed by atoms with Crippen LogP contribution in [0.2, 0.25) is 5.15 Å². The van der Waals surface area contributed by atoms with E-state index in [2.05, 4.69) is 10.2 Å². The van der Waals surface area contributed by atoms with Gasteiger partial charge in [0.2, 0.25) is 0 Å². The SMILES string of the molecule is CN(CCO)c1nnc(Cl)cc1C(N)=O. The van der Waals surface area contributed by atoms with Crippen LogP contribution in [-0.4, -0.2) is 41.4 Å². The monoisotopic (exact) mass is 230 g/mol. The highest BCUT2D eigenvalue weighted by Gasteiger charge is 2.14. The number of anilines is 1. The van der Waals surface area contributed by atoms with Crippen molar-refractivity contribution in [1.29, 1.82) is 0 Å². The van der Waals surface area contributed by atoms with Gasteiger partial charge in [-0.25, -0.2) is 0 Å². The van der Waals surface area contributed by atoms with Gasteiger partial charge < -0.3 is 15.7 Å². The van der Waals surface area contributed by atoms with Gasteiger partial charge in [0.1, 0.15) is 0 Å². The maximum atomic E-state index is 11.1. The number of rotatable bonds is 4. The zero-order valence-electron chi connectivity index (χ0n) is 8.14. The van der Waals surface area contributed by atoms with Gasteiger partial charge in [-0.1, -0.05) is 11.6 Å². The van der Waals surface area contributed by atoms with Gasteiger partial charge in [-0.2, -0.15) is 0 Å². The van der Waals surface area contributed by atoms with E-state index in [0.29, 0.717) is 12.4 Å². The van der Waals surface area contributed by atoms with Crippen LogP contribution >= 0.6 is 11.6 Å². The molecule has 0 unspecified atom stereocenters. The molecule has 0 aromatic carbocycles. The van der Waals surface area contributed by atoms with Gasteiger partial charge in [0, 0.05) is 13.6 Å². The number of primary amides is 1. The molecule has 1 amide bonds. The Kier molecular flexibility index (Phi) is 3.81. The number of aromatic nitrogens is 2. The van der Waals surface area contributed by atoms with Crippen molar-refractivity contribution < 1.29 is 9.90 Å². The van der Waals surface area contributed by atoms with Crippen molar-refractivity contribution in [2.75, 3.05) is 25.1 Å². The number of halogens is 1. The van der Waals surface area contributed by atoms with Gasteiger partial charge in [-0.05, 0) is 6.07 Å². The summed E-state index contributed by atoms with van der Waals surface area (Å²) in [4.78, 5) is 12.7. The maximum absolute atomic E-state index is 11.1. The summed E-state index contributed by atoms with van der Waals surface area (Å²) in [5.41, 5.74) is 5.35. The molecular weight excluding hydrogens is 220 g/mol. The van der Waals surface area contributed by atoms with Gasteiger partial charge in [-0.15, -0.1) is 10.2 Å². The quantitative estimate of drug-likeness (QED) is 0.738. The van der Waals surface area contributed by atoms with Crippen LogP contribution in [0.1, 0.15) is 10.4 Å². The molecule has 0 aliphatic rings. The van der Waals surface area contributed by atoms with Crippen LogP contribution in [0.25, 0.3) is 0 Å². The van der Waals surface area contributed by atoms with Crippen LogP contribution < -0.4 is 10.6 Å². The number of nitrogens with two attached hydrogens (primary N) is 1. The van der Waals surface area contributed by atoms with Crippen molar-refractivity contribution in [3.8, 4) is 0 Å². The van der Waals surface area contributed by atoms with E-state index in [9.17, 15) is 4.79 Å². The molecule has 0 atom stereocenters. The van der Waals surface area contributed by atoms with Crippen LogP contribution in [0, 0.1) is 0 Å². The third-order valence-electron chi connectivity index (χ3n) is 1.81. The van der Waals surface area contributed by atoms with Crippen molar-refractivity contribution >= 4 is 23.3 Å². The van der Waals surface area contributed by atoms with Crippen molar-refractivity contribution in [3.05, 3.63) is 16.8 Å². The molecule has 1 rings (SSSR count). The molecule has 15 heavy (non-hydrogen) atoms. The van der Waals surface area contributed by atoms with E-state index in [4.69, 9.17) is 22.4 Å². The van der Waals surface area contributed by atoms with E-state index in [0.717, 1.165) is 0 Å². The van der Waals surface area contributed by atoms with Crippen molar-refractivity contribution in [1.82, 2.24) is 10.2 Å². The molecule has 1 aromatic heterocycles. The summed E-state index contributed by atoms with van der Waals surface area (Å²) in [7, 11) is 1.67. The van der Waals surface area contributed by atoms with E-state index >= 15 is 0 Å². The molecule has 0 aliphatic heterocycles. The molecule has 1 heterocycles. The average Bonchev–Trinajstić information content (AvgIpc) is 2.17. The Morgan fingerprint density at radius 3 is 2.87 bits per heavy atom. The lowest BCUT2D eigenvalue weighted by Gasteiger charge is -2.17. The smallest absolute Gasteiger partial charge is 0.252 e. The lowest BCUT2D eigenvalue weighted by Crippen LogP contribution is -2.26. The van der Waals surface area contributed by atoms with Crippen molar-refractivity contribution in [2.45, 2.75) is 0 Å². The number of nitrogens with zero attached hydrogens (tertiary/aromatic N) is 3. The summed E-state index contributed by atoms with van der Waals surface area (Å²) in [5, 5.41) is 16.2. The van der Waals surface area contributed by atoms with Crippen LogP contribution in [-0.2, 0) is 0 Å². The first kappa shape index (κ1) is 11.7. The van der Waals surface area contributed by atoms with Gasteiger partial charge in [0.05, 0.1) is 12.2 Å². The number of likely N-dealkylation sites (N-methyl/N-ethyl adjacent to an activating group) is 1. The fraction of sp³-hybridized carbons (Fsp3) is 0.375. The highest BCUT2D eigenvalue weighted by molar-refractivity contribution is 6.29. The Labute approximate surface area is 91.7 Å². The van der Waals surface area contributed by atoms with E-state index in [1.54, 1.807) is 11.9 Å². The van der Waals surface area contributed by atoms with Crippen LogP contribution in [0.4, 0.5) is 5.82 Å². The van der Waals surface area contributed by atoms with E-state index in [-0.39, 0.29) is 17.3 Å². The first-order valence-electron chi connectivity index (χ1n) is 4.21. The Morgan fingerprint density at radius 2 is 2.33 bits per heavy atom. The van der Waals surface area contributed by atoms with E-state index in [1.165, 1.54) is 6.07 Å². The van der Waals surface area contributed by atoms with Gasteiger partial charge in [-0.3, -0.25) is 4.79 Å². The zero-order valence-corrected chi connectivity index (χ0v) is 8.90. The van der Waals surface area contributed by atoms with E-state index < -0.39 is 5.91 Å². The fourth-order valence-electron chi connectivity index (χ4n) is 1.08. The number of carbonyl (C=O) groups excluding carboxylic acids is 1. The molecule has 0 saturated heterocycles. The summed E-state index contributed by atoms with van der Waals surface area (Å²) in [6, 6.07) is 1.35.